The summed E-state index contributed by atoms with van der Waals surface area (Å²) < 4.78 is 0. The highest BCUT2D eigenvalue weighted by atomic mass is 32.1. The normalized spacial score (nSPS) is 29.8. The Morgan fingerprint density at radius 1 is 1.54 bits per heavy atom. The van der Waals surface area contributed by atoms with Gasteiger partial charge in [0.05, 0.1) is 0 Å². The first-order valence-electron chi connectivity index (χ1n) is 4.43. The third kappa shape index (κ3) is 1.72. The second-order valence-electron chi connectivity index (χ2n) is 3.58. The lowest BCUT2D eigenvalue weighted by Gasteiger charge is -2.30. The summed E-state index contributed by atoms with van der Waals surface area (Å²) in [4.78, 5) is 0. The van der Waals surface area contributed by atoms with Gasteiger partial charge in [-0.25, -0.2) is 0 Å². The molecule has 5 heteroatoms. The summed E-state index contributed by atoms with van der Waals surface area (Å²) in [6, 6.07) is 0.337. The van der Waals surface area contributed by atoms with E-state index in [1.807, 2.05) is 0 Å². The van der Waals surface area contributed by atoms with E-state index in [1.165, 1.54) is 11.3 Å². The molecule has 1 heterocycles. The maximum Gasteiger partial charge on any atom is 0.145 e. The molecule has 0 saturated heterocycles. The quantitative estimate of drug-likeness (QED) is 0.739. The van der Waals surface area contributed by atoms with E-state index in [2.05, 4.69) is 10.2 Å². The Balaban J connectivity index is 2.06. The predicted octanol–water partition coefficient (Wildman–Crippen LogP) is 0.796. The molecule has 2 rings (SSSR count). The molecule has 13 heavy (non-hydrogen) atoms. The van der Waals surface area contributed by atoms with Crippen LogP contribution in [-0.2, 0) is 0 Å². The molecule has 0 radical (unpaired) electrons. The fraction of sp³-hybridized carbons (Fsp3) is 0.750. The van der Waals surface area contributed by atoms with Crippen molar-refractivity contribution in [2.75, 3.05) is 0 Å². The van der Waals surface area contributed by atoms with Crippen molar-refractivity contribution in [3.05, 3.63) is 10.0 Å². The standard InChI is InChI=1S/C8H13N3OS/c1-4(12)7-10-11-8(13-7)5-2-6(9)3-5/h4-6,12H,2-3,9H2,1H3/t4-,5-,6+/m1/s1. The van der Waals surface area contributed by atoms with Crippen LogP contribution < -0.4 is 5.73 Å². The van der Waals surface area contributed by atoms with Crippen molar-refractivity contribution in [1.82, 2.24) is 10.2 Å². The van der Waals surface area contributed by atoms with Gasteiger partial charge in [-0.05, 0) is 19.8 Å². The van der Waals surface area contributed by atoms with Gasteiger partial charge in [0.1, 0.15) is 16.1 Å². The van der Waals surface area contributed by atoms with Gasteiger partial charge in [-0.2, -0.15) is 0 Å². The maximum atomic E-state index is 9.24. The van der Waals surface area contributed by atoms with Crippen molar-refractivity contribution < 1.29 is 5.11 Å². The summed E-state index contributed by atoms with van der Waals surface area (Å²) in [5.41, 5.74) is 5.68. The molecule has 0 unspecified atom stereocenters. The smallest absolute Gasteiger partial charge is 0.145 e. The summed E-state index contributed by atoms with van der Waals surface area (Å²) in [6.45, 7) is 1.71. The monoisotopic (exact) mass is 199 g/mol. The van der Waals surface area contributed by atoms with E-state index in [9.17, 15) is 5.11 Å². The van der Waals surface area contributed by atoms with Crippen LogP contribution in [0.1, 0.15) is 41.8 Å². The molecule has 1 saturated carbocycles. The Bertz CT molecular complexity index is 293. The Morgan fingerprint density at radius 2 is 2.23 bits per heavy atom. The minimum absolute atomic E-state index is 0.337. The van der Waals surface area contributed by atoms with Crippen LogP contribution in [0.3, 0.4) is 0 Å². The van der Waals surface area contributed by atoms with E-state index in [4.69, 9.17) is 5.73 Å². The van der Waals surface area contributed by atoms with Crippen LogP contribution in [0.2, 0.25) is 0 Å². The van der Waals surface area contributed by atoms with Crippen molar-refractivity contribution >= 4 is 11.3 Å². The van der Waals surface area contributed by atoms with Crippen LogP contribution >= 0.6 is 11.3 Å². The third-order valence-corrected chi connectivity index (χ3v) is 3.59. The SMILES string of the molecule is C[C@@H](O)c1nnc([C@H]2C[C@@H](N)C2)s1. The first-order chi connectivity index (χ1) is 6.16. The predicted molar refractivity (Wildman–Crippen MR) is 50.5 cm³/mol. The third-order valence-electron chi connectivity index (χ3n) is 2.34. The first-order valence-corrected chi connectivity index (χ1v) is 5.25. The van der Waals surface area contributed by atoms with Crippen molar-refractivity contribution in [2.45, 2.75) is 37.8 Å². The number of hydrogen-bond donors (Lipinski definition) is 2. The van der Waals surface area contributed by atoms with E-state index in [0.29, 0.717) is 17.0 Å². The topological polar surface area (TPSA) is 72.0 Å². The van der Waals surface area contributed by atoms with Gasteiger partial charge in [-0.3, -0.25) is 0 Å². The van der Waals surface area contributed by atoms with E-state index in [1.54, 1.807) is 6.92 Å². The molecule has 1 fully saturated rings. The molecule has 0 spiro atoms. The number of aliphatic hydroxyl groups is 1. The highest BCUT2D eigenvalue weighted by molar-refractivity contribution is 7.11. The summed E-state index contributed by atoms with van der Waals surface area (Å²) in [7, 11) is 0. The van der Waals surface area contributed by atoms with E-state index in [-0.39, 0.29) is 0 Å². The molecular formula is C8H13N3OS. The van der Waals surface area contributed by atoms with E-state index >= 15 is 0 Å². The Kier molecular flexibility index (Phi) is 2.31. The highest BCUT2D eigenvalue weighted by Gasteiger charge is 2.30. The molecule has 3 N–H and O–H groups in total. The number of rotatable bonds is 2. The number of aromatic nitrogens is 2. The molecular weight excluding hydrogens is 186 g/mol. The zero-order chi connectivity index (χ0) is 9.42. The largest absolute Gasteiger partial charge is 0.386 e. The van der Waals surface area contributed by atoms with Gasteiger partial charge in [0.15, 0.2) is 0 Å². The van der Waals surface area contributed by atoms with Gasteiger partial charge in [0, 0.05) is 12.0 Å². The second-order valence-corrected chi connectivity index (χ2v) is 4.62. The number of hydrogen-bond acceptors (Lipinski definition) is 5. The lowest BCUT2D eigenvalue weighted by molar-refractivity contribution is 0.198. The van der Waals surface area contributed by atoms with Crippen molar-refractivity contribution in [3.63, 3.8) is 0 Å². The minimum atomic E-state index is -0.500. The summed E-state index contributed by atoms with van der Waals surface area (Å²) in [5, 5.41) is 18.9. The van der Waals surface area contributed by atoms with Gasteiger partial charge in [0.25, 0.3) is 0 Å². The highest BCUT2D eigenvalue weighted by Crippen LogP contribution is 2.37. The number of nitrogens with two attached hydrogens (primary N) is 1. The Morgan fingerprint density at radius 3 is 2.69 bits per heavy atom. The molecule has 0 bridgehead atoms. The van der Waals surface area contributed by atoms with Gasteiger partial charge in [-0.15, -0.1) is 10.2 Å². The van der Waals surface area contributed by atoms with Crippen molar-refractivity contribution in [1.29, 1.82) is 0 Å². The van der Waals surface area contributed by atoms with Crippen LogP contribution in [0.25, 0.3) is 0 Å². The fourth-order valence-electron chi connectivity index (χ4n) is 1.44. The molecule has 0 aromatic carbocycles. The van der Waals surface area contributed by atoms with Crippen LogP contribution in [0.4, 0.5) is 0 Å². The molecule has 0 amide bonds. The molecule has 1 aliphatic carbocycles. The van der Waals surface area contributed by atoms with Crippen LogP contribution in [0.15, 0.2) is 0 Å². The van der Waals surface area contributed by atoms with Crippen molar-refractivity contribution in [2.24, 2.45) is 5.73 Å². The summed E-state index contributed by atoms with van der Waals surface area (Å²) >= 11 is 1.50. The van der Waals surface area contributed by atoms with Crippen LogP contribution in [0.5, 0.6) is 0 Å². The van der Waals surface area contributed by atoms with Gasteiger partial charge in [-0.1, -0.05) is 11.3 Å². The summed E-state index contributed by atoms with van der Waals surface area (Å²) in [6.07, 6.45) is 1.52. The van der Waals surface area contributed by atoms with E-state index < -0.39 is 6.10 Å². The summed E-state index contributed by atoms with van der Waals surface area (Å²) in [5.74, 6) is 0.486. The molecule has 1 aliphatic rings. The van der Waals surface area contributed by atoms with Gasteiger partial charge >= 0.3 is 0 Å². The zero-order valence-corrected chi connectivity index (χ0v) is 8.29. The molecule has 1 aromatic heterocycles. The van der Waals surface area contributed by atoms with Gasteiger partial charge in [0.2, 0.25) is 0 Å². The molecule has 1 atom stereocenters. The molecule has 1 aromatic rings. The molecule has 72 valence electrons. The first kappa shape index (κ1) is 9.05. The number of nitrogens with zero attached hydrogens (tertiary/aromatic N) is 2. The van der Waals surface area contributed by atoms with Gasteiger partial charge < -0.3 is 10.8 Å². The average molecular weight is 199 g/mol. The lowest BCUT2D eigenvalue weighted by atomic mass is 9.81. The minimum Gasteiger partial charge on any atom is -0.386 e. The molecule has 0 aliphatic heterocycles. The van der Waals surface area contributed by atoms with E-state index in [0.717, 1.165) is 17.8 Å². The Hall–Kier alpha value is -0.520. The maximum absolute atomic E-state index is 9.24. The fourth-order valence-corrected chi connectivity index (χ4v) is 2.35. The number of aliphatic hydroxyl groups excluding tert-OH is 1. The Labute approximate surface area is 80.8 Å². The average Bonchev–Trinajstić information content (AvgIpc) is 2.46. The second kappa shape index (κ2) is 3.32. The van der Waals surface area contributed by atoms with Crippen LogP contribution in [-0.4, -0.2) is 21.3 Å². The van der Waals surface area contributed by atoms with Crippen molar-refractivity contribution in [3.8, 4) is 0 Å². The molecule has 4 nitrogen and oxygen atoms in total. The van der Waals surface area contributed by atoms with Crippen LogP contribution in [0, 0.1) is 0 Å². The lowest BCUT2D eigenvalue weighted by Crippen LogP contribution is -2.34. The zero-order valence-electron chi connectivity index (χ0n) is 7.47.